The molecule has 1 amide bonds. The molecule has 0 radical (unpaired) electrons. The highest BCUT2D eigenvalue weighted by Gasteiger charge is 2.32. The zero-order chi connectivity index (χ0) is 43.1. The van der Waals surface area contributed by atoms with Crippen molar-refractivity contribution in [2.24, 2.45) is 21.8 Å². The summed E-state index contributed by atoms with van der Waals surface area (Å²) in [5.74, 6) is 2.33. The molecule has 0 saturated heterocycles. The van der Waals surface area contributed by atoms with Gasteiger partial charge in [0, 0.05) is 41.2 Å². The van der Waals surface area contributed by atoms with Gasteiger partial charge in [0.15, 0.2) is 0 Å². The maximum Gasteiger partial charge on any atom is 0.306 e. The largest absolute Gasteiger partial charge is 0.492 e. The van der Waals surface area contributed by atoms with Gasteiger partial charge in [-0.1, -0.05) is 0 Å². The fourth-order valence-corrected chi connectivity index (χ4v) is 11.2. The summed E-state index contributed by atoms with van der Waals surface area (Å²) in [6, 6.07) is 8.44. The molecule has 0 spiro atoms. The number of fused-ring (bicyclic) bond motifs is 8. The summed E-state index contributed by atoms with van der Waals surface area (Å²) < 4.78 is 11.8. The molecule has 4 aromatic heterocycles. The van der Waals surface area contributed by atoms with Crippen molar-refractivity contribution in [2.45, 2.75) is 85.4 Å². The lowest BCUT2D eigenvalue weighted by Crippen LogP contribution is -2.39. The number of ether oxygens (including phenoxy) is 2. The summed E-state index contributed by atoms with van der Waals surface area (Å²) in [6.07, 6.45) is 11.3. The minimum absolute atomic E-state index is 0.0304. The Kier molecular flexibility index (Phi) is 11.6. The topological polar surface area (TPSA) is 176 Å². The third-order valence-electron chi connectivity index (χ3n) is 12.1. The number of aliphatic carboxylic acids is 1. The lowest BCUT2D eigenvalue weighted by atomic mass is 9.86. The van der Waals surface area contributed by atoms with Gasteiger partial charge in [-0.05, 0) is 124 Å². The number of aryl methyl sites for hydroxylation is 2. The van der Waals surface area contributed by atoms with Crippen LogP contribution in [0, 0.1) is 11.8 Å². The zero-order valence-corrected chi connectivity index (χ0v) is 37.1. The van der Waals surface area contributed by atoms with E-state index in [1.165, 1.54) is 21.6 Å². The third kappa shape index (κ3) is 7.97. The Morgan fingerprint density at radius 3 is 1.71 bits per heavy atom. The van der Waals surface area contributed by atoms with Crippen LogP contribution >= 0.6 is 22.7 Å². The fraction of sp³-hybridized carbons (Fsp3) is 0.391. The first-order valence-electron chi connectivity index (χ1n) is 21.2. The SMILES string of the molecule is CCOc1cc2c(cc1Nc1ncnc3sc4c(c13)CCC(C(=O)N(C)C(C)C)C4)C=NC2.CCOc1cc2c(cc1Nc1ncnc3sc4c(c13)CCC(C(=O)O)C4)C=NC2. The van der Waals surface area contributed by atoms with Crippen LogP contribution in [-0.2, 0) is 48.4 Å². The molecule has 3 N–H and O–H groups in total. The average molecular weight is 872 g/mol. The first-order valence-corrected chi connectivity index (χ1v) is 22.9. The van der Waals surface area contributed by atoms with Crippen LogP contribution in [0.1, 0.15) is 83.7 Å². The Morgan fingerprint density at radius 2 is 1.24 bits per heavy atom. The van der Waals surface area contributed by atoms with Crippen molar-refractivity contribution in [3.8, 4) is 11.5 Å². The molecule has 6 heterocycles. The van der Waals surface area contributed by atoms with E-state index < -0.39 is 5.97 Å². The number of anilines is 4. The van der Waals surface area contributed by atoms with Gasteiger partial charge in [-0.25, -0.2) is 19.9 Å². The molecule has 16 heteroatoms. The maximum atomic E-state index is 12.9. The number of nitrogens with zero attached hydrogens (tertiary/aromatic N) is 7. The van der Waals surface area contributed by atoms with Gasteiger partial charge in [-0.2, -0.15) is 0 Å². The Balaban J connectivity index is 0.000000159. The van der Waals surface area contributed by atoms with Gasteiger partial charge < -0.3 is 30.1 Å². The second kappa shape index (κ2) is 17.4. The van der Waals surface area contributed by atoms with E-state index in [0.717, 1.165) is 102 Å². The molecule has 2 atom stereocenters. The number of carboxylic acid groups (broad SMARTS) is 1. The summed E-state index contributed by atoms with van der Waals surface area (Å²) in [5, 5.41) is 18.4. The Labute approximate surface area is 367 Å². The van der Waals surface area contributed by atoms with Crippen molar-refractivity contribution in [1.82, 2.24) is 24.8 Å². The monoisotopic (exact) mass is 871 g/mol. The molecule has 0 fully saturated rings. The first-order chi connectivity index (χ1) is 30.1. The number of benzene rings is 2. The van der Waals surface area contributed by atoms with Gasteiger partial charge in [0.05, 0.1) is 54.4 Å². The molecule has 6 aromatic rings. The summed E-state index contributed by atoms with van der Waals surface area (Å²) in [4.78, 5) is 57.3. The standard InChI is InChI=1S/C25H29N5O2S.C21H20N4O3S/c1-5-32-20-9-17-12-26-11-16(17)8-19(20)29-23-22-18-7-6-15(25(31)30(4)14(2)3)10-21(18)33-24(22)28-13-27-23;1-2-28-16-6-13-9-22-8-12(13)5-15(16)25-19-18-14-4-3-11(21(26)27)7-17(14)29-20(18)24-10-23-19/h8-9,11,13-15H,5-7,10,12H2,1-4H3,(H,27,28,29);5-6,8,10-11H,2-4,7,9H2,1H3,(H,26,27)(H,23,24,25). The first kappa shape index (κ1) is 41.4. The number of rotatable bonds is 11. The van der Waals surface area contributed by atoms with Crippen LogP contribution in [0.2, 0.25) is 0 Å². The van der Waals surface area contributed by atoms with Crippen LogP contribution in [0.5, 0.6) is 11.5 Å². The summed E-state index contributed by atoms with van der Waals surface area (Å²) in [7, 11) is 1.90. The van der Waals surface area contributed by atoms with Gasteiger partial charge in [0.1, 0.15) is 45.5 Å². The van der Waals surface area contributed by atoms with Crippen molar-refractivity contribution in [2.75, 3.05) is 30.9 Å². The molecule has 4 aliphatic rings. The van der Waals surface area contributed by atoms with Crippen molar-refractivity contribution in [1.29, 1.82) is 0 Å². The normalized spacial score (nSPS) is 16.9. The Morgan fingerprint density at radius 1 is 0.758 bits per heavy atom. The van der Waals surface area contributed by atoms with Crippen molar-refractivity contribution < 1.29 is 24.2 Å². The molecule has 2 aromatic carbocycles. The smallest absolute Gasteiger partial charge is 0.306 e. The number of hydrogen-bond acceptors (Lipinski definition) is 14. The van der Waals surface area contributed by atoms with Gasteiger partial charge >= 0.3 is 5.97 Å². The summed E-state index contributed by atoms with van der Waals surface area (Å²) >= 11 is 3.26. The van der Waals surface area contributed by atoms with E-state index in [-0.39, 0.29) is 23.8 Å². The molecular formula is C46H49N9O5S2. The highest BCUT2D eigenvalue weighted by Crippen LogP contribution is 2.44. The number of carboxylic acids is 1. The molecule has 2 unspecified atom stereocenters. The van der Waals surface area contributed by atoms with Crippen LogP contribution < -0.4 is 20.1 Å². The van der Waals surface area contributed by atoms with Crippen LogP contribution in [0.4, 0.5) is 23.0 Å². The molecule has 2 aliphatic heterocycles. The Bertz CT molecular complexity index is 2780. The lowest BCUT2D eigenvalue weighted by Gasteiger charge is -2.29. The van der Waals surface area contributed by atoms with Crippen LogP contribution in [0.15, 0.2) is 46.9 Å². The second-order valence-electron chi connectivity index (χ2n) is 16.2. The number of thiophene rings is 2. The average Bonchev–Trinajstić information content (AvgIpc) is 4.08. The lowest BCUT2D eigenvalue weighted by molar-refractivity contribution is -0.142. The summed E-state index contributed by atoms with van der Waals surface area (Å²) in [5.41, 5.74) is 8.68. The van der Waals surface area contributed by atoms with Gasteiger partial charge in [0.2, 0.25) is 5.91 Å². The maximum absolute atomic E-state index is 12.9. The van der Waals surface area contributed by atoms with E-state index in [2.05, 4.69) is 66.5 Å². The summed E-state index contributed by atoms with van der Waals surface area (Å²) in [6.45, 7) is 10.6. The molecule has 62 heavy (non-hydrogen) atoms. The van der Waals surface area contributed by atoms with Crippen molar-refractivity contribution in [3.05, 3.63) is 80.1 Å². The number of amides is 1. The molecule has 320 valence electrons. The molecule has 10 rings (SSSR count). The molecule has 0 bridgehead atoms. The van der Waals surface area contributed by atoms with Crippen LogP contribution in [0.25, 0.3) is 20.4 Å². The van der Waals surface area contributed by atoms with Gasteiger partial charge in [-0.3, -0.25) is 19.6 Å². The minimum atomic E-state index is -0.723. The number of aromatic nitrogens is 4. The van der Waals surface area contributed by atoms with Gasteiger partial charge in [-0.15, -0.1) is 22.7 Å². The number of aliphatic imine (C=N–C) groups is 2. The molecule has 14 nitrogen and oxygen atoms in total. The number of carbonyl (C=O) groups is 2. The van der Waals surface area contributed by atoms with E-state index in [1.807, 2.05) is 50.4 Å². The van der Waals surface area contributed by atoms with E-state index in [9.17, 15) is 14.7 Å². The number of nitrogens with one attached hydrogen (secondary N) is 2. The van der Waals surface area contributed by atoms with Crippen molar-refractivity contribution >= 4 is 90.4 Å². The van der Waals surface area contributed by atoms with Gasteiger partial charge in [0.25, 0.3) is 0 Å². The number of hydrogen-bond donors (Lipinski definition) is 3. The van der Waals surface area contributed by atoms with Crippen LogP contribution in [0.3, 0.4) is 0 Å². The highest BCUT2D eigenvalue weighted by molar-refractivity contribution is 7.19. The van der Waals surface area contributed by atoms with E-state index >= 15 is 0 Å². The van der Waals surface area contributed by atoms with E-state index in [1.54, 1.807) is 35.3 Å². The molecular weight excluding hydrogens is 823 g/mol. The minimum Gasteiger partial charge on any atom is -0.492 e. The Hall–Kier alpha value is -6.00. The predicted octanol–water partition coefficient (Wildman–Crippen LogP) is 8.69. The number of carbonyl (C=O) groups excluding carboxylic acids is 1. The molecule has 0 saturated carbocycles. The van der Waals surface area contributed by atoms with Crippen LogP contribution in [-0.4, -0.2) is 80.6 Å². The quantitative estimate of drug-likeness (QED) is 0.114. The molecule has 2 aliphatic carbocycles. The second-order valence-corrected chi connectivity index (χ2v) is 18.4. The zero-order valence-electron chi connectivity index (χ0n) is 35.4. The fourth-order valence-electron chi connectivity index (χ4n) is 8.65. The predicted molar refractivity (Wildman–Crippen MR) is 246 cm³/mol. The van der Waals surface area contributed by atoms with Crippen molar-refractivity contribution in [3.63, 3.8) is 0 Å². The van der Waals surface area contributed by atoms with E-state index in [0.29, 0.717) is 39.1 Å². The highest BCUT2D eigenvalue weighted by atomic mass is 32.1. The third-order valence-corrected chi connectivity index (χ3v) is 14.4. The van der Waals surface area contributed by atoms with E-state index in [4.69, 9.17) is 9.47 Å².